The van der Waals surface area contributed by atoms with Crippen LogP contribution in [0.1, 0.15) is 32.8 Å². The number of carbonyl (C=O) groups is 1. The molecule has 0 amide bonds. The predicted octanol–water partition coefficient (Wildman–Crippen LogP) is 2.66. The Kier molecular flexibility index (Phi) is 5.35. The molecule has 0 aliphatic rings. The quantitative estimate of drug-likeness (QED) is 0.730. The monoisotopic (exact) mass is 249 g/mol. The second-order valence-corrected chi connectivity index (χ2v) is 5.45. The van der Waals surface area contributed by atoms with Crippen LogP contribution in [-0.4, -0.2) is 24.2 Å². The van der Waals surface area contributed by atoms with Crippen molar-refractivity contribution in [2.75, 3.05) is 13.1 Å². The smallest absolute Gasteiger partial charge is 0.306 e. The predicted molar refractivity (Wildman–Crippen MR) is 73.8 cm³/mol. The number of hydrogen-bond acceptors (Lipinski definition) is 2. The van der Waals surface area contributed by atoms with E-state index in [4.69, 9.17) is 5.11 Å². The lowest BCUT2D eigenvalue weighted by Gasteiger charge is -2.26. The van der Waals surface area contributed by atoms with Gasteiger partial charge in [-0.3, -0.25) is 4.79 Å². The third kappa shape index (κ3) is 4.49. The Morgan fingerprint density at radius 2 is 1.94 bits per heavy atom. The molecule has 0 saturated carbocycles. The van der Waals surface area contributed by atoms with Gasteiger partial charge in [-0.1, -0.05) is 51.1 Å². The molecular weight excluding hydrogens is 226 g/mol. The third-order valence-corrected chi connectivity index (χ3v) is 3.30. The summed E-state index contributed by atoms with van der Waals surface area (Å²) in [5.41, 5.74) is 1.36. The SMILES string of the molecule is CC(CCNCC(C)(C)c1ccccc1)C(=O)O. The van der Waals surface area contributed by atoms with Crippen molar-refractivity contribution < 1.29 is 9.90 Å². The van der Waals surface area contributed by atoms with E-state index in [9.17, 15) is 4.79 Å². The van der Waals surface area contributed by atoms with Crippen LogP contribution in [0.15, 0.2) is 30.3 Å². The average molecular weight is 249 g/mol. The fourth-order valence-electron chi connectivity index (χ4n) is 1.83. The van der Waals surface area contributed by atoms with E-state index < -0.39 is 5.97 Å². The van der Waals surface area contributed by atoms with Gasteiger partial charge in [0.1, 0.15) is 0 Å². The highest BCUT2D eigenvalue weighted by atomic mass is 16.4. The summed E-state index contributed by atoms with van der Waals surface area (Å²) in [6.07, 6.45) is 0.667. The molecular formula is C15H23NO2. The summed E-state index contributed by atoms with van der Waals surface area (Å²) in [6, 6.07) is 10.4. The summed E-state index contributed by atoms with van der Waals surface area (Å²) in [5, 5.41) is 12.1. The van der Waals surface area contributed by atoms with Crippen molar-refractivity contribution in [1.82, 2.24) is 5.32 Å². The Morgan fingerprint density at radius 1 is 1.33 bits per heavy atom. The molecule has 1 aromatic rings. The second kappa shape index (κ2) is 6.55. The molecule has 0 aliphatic heterocycles. The zero-order valence-corrected chi connectivity index (χ0v) is 11.4. The van der Waals surface area contributed by atoms with E-state index in [2.05, 4.69) is 31.3 Å². The molecule has 1 atom stereocenters. The van der Waals surface area contributed by atoms with E-state index >= 15 is 0 Å². The lowest BCUT2D eigenvalue weighted by Crippen LogP contribution is -2.34. The molecule has 1 rings (SSSR count). The van der Waals surface area contributed by atoms with Crippen molar-refractivity contribution in [1.29, 1.82) is 0 Å². The van der Waals surface area contributed by atoms with E-state index in [0.717, 1.165) is 13.1 Å². The van der Waals surface area contributed by atoms with Crippen molar-refractivity contribution in [2.24, 2.45) is 5.92 Å². The fourth-order valence-corrected chi connectivity index (χ4v) is 1.83. The molecule has 0 spiro atoms. The molecule has 2 N–H and O–H groups in total. The van der Waals surface area contributed by atoms with Crippen molar-refractivity contribution in [3.8, 4) is 0 Å². The number of nitrogens with one attached hydrogen (secondary N) is 1. The van der Waals surface area contributed by atoms with E-state index in [1.54, 1.807) is 6.92 Å². The number of carboxylic acids is 1. The van der Waals surface area contributed by atoms with Crippen molar-refractivity contribution in [3.63, 3.8) is 0 Å². The molecule has 0 saturated heterocycles. The highest BCUT2D eigenvalue weighted by Gasteiger charge is 2.19. The first-order valence-electron chi connectivity index (χ1n) is 6.42. The van der Waals surface area contributed by atoms with Crippen LogP contribution in [0.2, 0.25) is 0 Å². The van der Waals surface area contributed by atoms with Crippen LogP contribution in [0.3, 0.4) is 0 Å². The van der Waals surface area contributed by atoms with Gasteiger partial charge in [-0.05, 0) is 18.5 Å². The molecule has 0 fully saturated rings. The van der Waals surface area contributed by atoms with Crippen molar-refractivity contribution >= 4 is 5.97 Å². The van der Waals surface area contributed by atoms with E-state index in [0.29, 0.717) is 6.42 Å². The molecule has 0 bridgehead atoms. The second-order valence-electron chi connectivity index (χ2n) is 5.45. The van der Waals surface area contributed by atoms with Crippen molar-refractivity contribution in [3.05, 3.63) is 35.9 Å². The van der Waals surface area contributed by atoms with Gasteiger partial charge in [0.05, 0.1) is 5.92 Å². The Balaban J connectivity index is 2.37. The van der Waals surface area contributed by atoms with Gasteiger partial charge in [-0.2, -0.15) is 0 Å². The molecule has 0 aromatic heterocycles. The van der Waals surface area contributed by atoms with E-state index in [1.807, 2.05) is 18.2 Å². The number of rotatable bonds is 7. The van der Waals surface area contributed by atoms with Gasteiger partial charge in [-0.15, -0.1) is 0 Å². The largest absolute Gasteiger partial charge is 0.481 e. The first-order valence-corrected chi connectivity index (χ1v) is 6.42. The van der Waals surface area contributed by atoms with Gasteiger partial charge in [0.15, 0.2) is 0 Å². The maximum absolute atomic E-state index is 10.7. The zero-order valence-electron chi connectivity index (χ0n) is 11.4. The fraction of sp³-hybridized carbons (Fsp3) is 0.533. The Morgan fingerprint density at radius 3 is 2.50 bits per heavy atom. The third-order valence-electron chi connectivity index (χ3n) is 3.30. The molecule has 3 heteroatoms. The highest BCUT2D eigenvalue weighted by Crippen LogP contribution is 2.21. The van der Waals surface area contributed by atoms with Gasteiger partial charge in [0.2, 0.25) is 0 Å². The van der Waals surface area contributed by atoms with Gasteiger partial charge in [0, 0.05) is 12.0 Å². The van der Waals surface area contributed by atoms with Gasteiger partial charge in [-0.25, -0.2) is 0 Å². The maximum Gasteiger partial charge on any atom is 0.306 e. The lowest BCUT2D eigenvalue weighted by atomic mass is 9.84. The Bertz CT molecular complexity index is 373. The van der Waals surface area contributed by atoms with Gasteiger partial charge in [0.25, 0.3) is 0 Å². The van der Waals surface area contributed by atoms with Crippen LogP contribution >= 0.6 is 0 Å². The number of aliphatic carboxylic acids is 1. The number of benzene rings is 1. The Hall–Kier alpha value is -1.35. The minimum absolute atomic E-state index is 0.0632. The molecule has 1 unspecified atom stereocenters. The zero-order chi connectivity index (χ0) is 13.6. The van der Waals surface area contributed by atoms with E-state index in [1.165, 1.54) is 5.56 Å². The van der Waals surface area contributed by atoms with Crippen LogP contribution in [0, 0.1) is 5.92 Å². The minimum atomic E-state index is -0.723. The summed E-state index contributed by atoms with van der Waals surface area (Å²) in [6.45, 7) is 7.71. The van der Waals surface area contributed by atoms with Crippen LogP contribution in [0.4, 0.5) is 0 Å². The summed E-state index contributed by atoms with van der Waals surface area (Å²) in [7, 11) is 0. The number of hydrogen-bond donors (Lipinski definition) is 2. The molecule has 18 heavy (non-hydrogen) atoms. The lowest BCUT2D eigenvalue weighted by molar-refractivity contribution is -0.141. The van der Waals surface area contributed by atoms with Crippen LogP contribution in [0.5, 0.6) is 0 Å². The molecule has 100 valence electrons. The Labute approximate surface area is 109 Å². The van der Waals surface area contributed by atoms with Gasteiger partial charge >= 0.3 is 5.97 Å². The summed E-state index contributed by atoms with van der Waals surface area (Å²) in [5.74, 6) is -1.00. The molecule has 0 radical (unpaired) electrons. The first kappa shape index (κ1) is 14.7. The first-order chi connectivity index (χ1) is 8.43. The van der Waals surface area contributed by atoms with Crippen LogP contribution in [-0.2, 0) is 10.2 Å². The normalized spacial score (nSPS) is 13.3. The average Bonchev–Trinajstić information content (AvgIpc) is 2.35. The van der Waals surface area contributed by atoms with Gasteiger partial charge < -0.3 is 10.4 Å². The minimum Gasteiger partial charge on any atom is -0.481 e. The molecule has 0 aliphatic carbocycles. The summed E-state index contributed by atoms with van der Waals surface area (Å²) in [4.78, 5) is 10.7. The van der Waals surface area contributed by atoms with E-state index in [-0.39, 0.29) is 11.3 Å². The number of carboxylic acid groups (broad SMARTS) is 1. The summed E-state index contributed by atoms with van der Waals surface area (Å²) < 4.78 is 0. The van der Waals surface area contributed by atoms with Crippen molar-refractivity contribution in [2.45, 2.75) is 32.6 Å². The topological polar surface area (TPSA) is 49.3 Å². The molecule has 3 nitrogen and oxygen atoms in total. The maximum atomic E-state index is 10.7. The highest BCUT2D eigenvalue weighted by molar-refractivity contribution is 5.69. The molecule has 0 heterocycles. The standard InChI is InChI=1S/C15H23NO2/c1-12(14(17)18)9-10-16-11-15(2,3)13-7-5-4-6-8-13/h4-8,12,16H,9-11H2,1-3H3,(H,17,18). The molecule has 1 aromatic carbocycles. The van der Waals surface area contributed by atoms with Crippen LogP contribution in [0.25, 0.3) is 0 Å². The summed E-state index contributed by atoms with van der Waals surface area (Å²) >= 11 is 0. The van der Waals surface area contributed by atoms with Crippen LogP contribution < -0.4 is 5.32 Å².